The number of methoxy groups -OCH3 is 1. The summed E-state index contributed by atoms with van der Waals surface area (Å²) in [5.74, 6) is 1.20. The minimum Gasteiger partial charge on any atom is -0.493 e. The number of halogens is 1. The van der Waals surface area contributed by atoms with Gasteiger partial charge in [0.1, 0.15) is 19.2 Å². The second-order valence-electron chi connectivity index (χ2n) is 6.40. The Morgan fingerprint density at radius 2 is 1.89 bits per heavy atom. The lowest BCUT2D eigenvalue weighted by atomic mass is 10.1. The van der Waals surface area contributed by atoms with Crippen molar-refractivity contribution >= 4 is 11.6 Å². The van der Waals surface area contributed by atoms with Crippen LogP contribution in [0.2, 0.25) is 5.02 Å². The fraction of sp³-hybridized carbons (Fsp3) is 0.227. The monoisotopic (exact) mass is 383 g/mol. The molecule has 0 amide bonds. The van der Waals surface area contributed by atoms with Gasteiger partial charge in [-0.1, -0.05) is 48.0 Å². The zero-order valence-corrected chi connectivity index (χ0v) is 16.3. The predicted octanol–water partition coefficient (Wildman–Crippen LogP) is 4.15. The maximum absolute atomic E-state index is 6.48. The highest BCUT2D eigenvalue weighted by Crippen LogP contribution is 2.36. The Balaban J connectivity index is 1.68. The van der Waals surface area contributed by atoms with Crippen molar-refractivity contribution in [3.8, 4) is 11.5 Å². The Hall–Kier alpha value is -2.56. The minimum absolute atomic E-state index is 0.359. The highest BCUT2D eigenvalue weighted by Gasteiger charge is 2.15. The summed E-state index contributed by atoms with van der Waals surface area (Å²) in [7, 11) is 1.63. The summed E-state index contributed by atoms with van der Waals surface area (Å²) >= 11 is 6.48. The van der Waals surface area contributed by atoms with E-state index in [0.29, 0.717) is 29.2 Å². The lowest BCUT2D eigenvalue weighted by Gasteiger charge is -2.15. The molecule has 0 saturated heterocycles. The molecule has 0 aliphatic rings. The number of hydrogen-bond acceptors (Lipinski definition) is 3. The molecule has 4 nitrogen and oxygen atoms in total. The van der Waals surface area contributed by atoms with Gasteiger partial charge in [-0.2, -0.15) is 0 Å². The van der Waals surface area contributed by atoms with E-state index in [-0.39, 0.29) is 0 Å². The van der Waals surface area contributed by atoms with Crippen LogP contribution in [0.25, 0.3) is 0 Å². The summed E-state index contributed by atoms with van der Waals surface area (Å²) < 4.78 is 11.4. The molecule has 3 rings (SSSR count). The van der Waals surface area contributed by atoms with Crippen molar-refractivity contribution in [2.75, 3.05) is 7.11 Å². The molecule has 0 saturated carbocycles. The first-order chi connectivity index (χ1) is 13.2. The zero-order chi connectivity index (χ0) is 19.1. The van der Waals surface area contributed by atoms with Crippen LogP contribution in [0.15, 0.2) is 67.0 Å². The number of ether oxygens (including phenoxy) is 2. The van der Waals surface area contributed by atoms with Gasteiger partial charge in [-0.3, -0.25) is 4.98 Å². The fourth-order valence-electron chi connectivity index (χ4n) is 2.88. The van der Waals surface area contributed by atoms with E-state index in [9.17, 15) is 0 Å². The third-order valence-electron chi connectivity index (χ3n) is 4.43. The van der Waals surface area contributed by atoms with E-state index in [2.05, 4.69) is 41.5 Å². The zero-order valence-electron chi connectivity index (χ0n) is 15.6. The maximum atomic E-state index is 6.48. The fourth-order valence-corrected chi connectivity index (χ4v) is 3.16. The van der Waals surface area contributed by atoms with Gasteiger partial charge in [0.05, 0.1) is 12.1 Å². The van der Waals surface area contributed by atoms with Gasteiger partial charge in [0.25, 0.3) is 0 Å². The van der Waals surface area contributed by atoms with Crippen LogP contribution >= 0.6 is 11.6 Å². The molecule has 3 aromatic rings. The number of aromatic nitrogens is 1. The molecule has 0 fully saturated rings. The third-order valence-corrected chi connectivity index (χ3v) is 4.71. The normalized spacial score (nSPS) is 11.8. The first-order valence-corrected chi connectivity index (χ1v) is 9.31. The Labute approximate surface area is 165 Å². The van der Waals surface area contributed by atoms with Crippen molar-refractivity contribution in [3.63, 3.8) is 0 Å². The van der Waals surface area contributed by atoms with Gasteiger partial charge >= 0.3 is 0 Å². The molecule has 0 aliphatic heterocycles. The summed E-state index contributed by atoms with van der Waals surface area (Å²) in [6.45, 7) is 3.38. The molecule has 140 valence electrons. The van der Waals surface area contributed by atoms with Gasteiger partial charge in [0, 0.05) is 29.1 Å². The minimum atomic E-state index is 0.359. The van der Waals surface area contributed by atoms with E-state index in [0.717, 1.165) is 17.7 Å². The van der Waals surface area contributed by atoms with E-state index in [1.54, 1.807) is 19.5 Å². The summed E-state index contributed by atoms with van der Waals surface area (Å²) in [5.41, 5.74) is 3.37. The van der Waals surface area contributed by atoms with Crippen molar-refractivity contribution in [1.29, 1.82) is 0 Å². The van der Waals surface area contributed by atoms with Gasteiger partial charge in [0.2, 0.25) is 0 Å². The van der Waals surface area contributed by atoms with E-state index in [1.807, 2.05) is 30.3 Å². The molecule has 27 heavy (non-hydrogen) atoms. The molecule has 1 aromatic heterocycles. The van der Waals surface area contributed by atoms with Crippen molar-refractivity contribution in [2.45, 2.75) is 26.1 Å². The lowest BCUT2D eigenvalue weighted by Crippen LogP contribution is -2.83. The first kappa shape index (κ1) is 19.2. The Bertz CT molecular complexity index is 857. The van der Waals surface area contributed by atoms with Crippen LogP contribution in [0.3, 0.4) is 0 Å². The largest absolute Gasteiger partial charge is 0.493 e. The van der Waals surface area contributed by atoms with Crippen molar-refractivity contribution in [3.05, 3.63) is 88.7 Å². The van der Waals surface area contributed by atoms with Crippen LogP contribution in [0.5, 0.6) is 11.5 Å². The van der Waals surface area contributed by atoms with Crippen molar-refractivity contribution in [1.82, 2.24) is 4.98 Å². The van der Waals surface area contributed by atoms with Crippen molar-refractivity contribution in [2.24, 2.45) is 0 Å². The molecule has 2 aromatic carbocycles. The van der Waals surface area contributed by atoms with E-state index in [4.69, 9.17) is 21.1 Å². The van der Waals surface area contributed by atoms with Gasteiger partial charge in [-0.15, -0.1) is 0 Å². The number of nitrogens with zero attached hydrogens (tertiary/aromatic N) is 1. The summed E-state index contributed by atoms with van der Waals surface area (Å²) in [6.07, 6.45) is 3.51. The first-order valence-electron chi connectivity index (χ1n) is 8.93. The number of pyridine rings is 1. The number of quaternary nitrogens is 1. The van der Waals surface area contributed by atoms with Crippen LogP contribution in [-0.2, 0) is 13.2 Å². The molecule has 5 heteroatoms. The molecule has 0 bridgehead atoms. The SMILES string of the molecule is COc1cc(C[NH2+][C@@H](C)c2ccccc2)cc(Cl)c1OCc1cccnc1. The van der Waals surface area contributed by atoms with E-state index in [1.165, 1.54) is 5.56 Å². The standard InChI is InChI=1S/C22H23ClN2O2/c1-16(19-8-4-3-5-9-19)25-14-18-11-20(23)22(21(12-18)26-2)27-15-17-7-6-10-24-13-17/h3-13,16,25H,14-15H2,1-2H3/p+1/t16-/m0/s1. The van der Waals surface area contributed by atoms with Gasteiger partial charge in [-0.25, -0.2) is 0 Å². The van der Waals surface area contributed by atoms with Crippen LogP contribution in [-0.4, -0.2) is 12.1 Å². The second-order valence-corrected chi connectivity index (χ2v) is 6.81. The van der Waals surface area contributed by atoms with Crippen molar-refractivity contribution < 1.29 is 14.8 Å². The van der Waals surface area contributed by atoms with Gasteiger partial charge in [-0.05, 0) is 25.1 Å². The van der Waals surface area contributed by atoms with Crippen LogP contribution in [0.4, 0.5) is 0 Å². The molecular weight excluding hydrogens is 360 g/mol. The topological polar surface area (TPSA) is 48.0 Å². The highest BCUT2D eigenvalue weighted by molar-refractivity contribution is 6.32. The van der Waals surface area contributed by atoms with E-state index >= 15 is 0 Å². The molecule has 2 N–H and O–H groups in total. The Morgan fingerprint density at radius 1 is 1.07 bits per heavy atom. The molecule has 1 heterocycles. The summed E-state index contributed by atoms with van der Waals surface area (Å²) in [4.78, 5) is 4.09. The Kier molecular flexibility index (Phi) is 6.69. The average Bonchev–Trinajstić information content (AvgIpc) is 2.72. The predicted molar refractivity (Wildman–Crippen MR) is 107 cm³/mol. The highest BCUT2D eigenvalue weighted by atomic mass is 35.5. The van der Waals surface area contributed by atoms with E-state index < -0.39 is 0 Å². The number of benzene rings is 2. The second kappa shape index (κ2) is 9.40. The summed E-state index contributed by atoms with van der Waals surface area (Å²) in [6, 6.07) is 18.6. The van der Waals surface area contributed by atoms with Gasteiger partial charge < -0.3 is 14.8 Å². The number of hydrogen-bond donors (Lipinski definition) is 1. The van der Waals surface area contributed by atoms with Crippen LogP contribution in [0, 0.1) is 0 Å². The lowest BCUT2D eigenvalue weighted by molar-refractivity contribution is -0.707. The maximum Gasteiger partial charge on any atom is 0.180 e. The Morgan fingerprint density at radius 3 is 2.59 bits per heavy atom. The molecule has 0 unspecified atom stereocenters. The summed E-state index contributed by atoms with van der Waals surface area (Å²) in [5, 5.41) is 2.82. The number of rotatable bonds is 8. The quantitative estimate of drug-likeness (QED) is 0.635. The molecular formula is C22H24ClN2O2+. The molecule has 0 aliphatic carbocycles. The van der Waals surface area contributed by atoms with Crippen LogP contribution in [0.1, 0.15) is 29.7 Å². The molecule has 0 spiro atoms. The molecule has 0 radical (unpaired) electrons. The average molecular weight is 384 g/mol. The smallest absolute Gasteiger partial charge is 0.180 e. The van der Waals surface area contributed by atoms with Crippen LogP contribution < -0.4 is 14.8 Å². The molecule has 1 atom stereocenters. The number of nitrogens with two attached hydrogens (primary N) is 1. The third kappa shape index (κ3) is 5.22. The van der Waals surface area contributed by atoms with Gasteiger partial charge in [0.15, 0.2) is 11.5 Å².